The van der Waals surface area contributed by atoms with Crippen LogP contribution in [0.15, 0.2) is 41.1 Å². The first-order chi connectivity index (χ1) is 12.1. The Morgan fingerprint density at radius 3 is 2.96 bits per heavy atom. The third-order valence-corrected chi connectivity index (χ3v) is 5.82. The van der Waals surface area contributed by atoms with Gasteiger partial charge in [0.05, 0.1) is 21.5 Å². The van der Waals surface area contributed by atoms with Crippen LogP contribution in [0, 0.1) is 0 Å². The second kappa shape index (κ2) is 8.23. The molecule has 0 spiro atoms. The lowest BCUT2D eigenvalue weighted by Crippen LogP contribution is -2.14. The Kier molecular flexibility index (Phi) is 6.01. The molecule has 130 valence electrons. The van der Waals surface area contributed by atoms with Crippen molar-refractivity contribution in [1.82, 2.24) is 14.5 Å². The summed E-state index contributed by atoms with van der Waals surface area (Å²) in [6, 6.07) is 5.32. The Morgan fingerprint density at radius 2 is 2.20 bits per heavy atom. The monoisotopic (exact) mass is 412 g/mol. The summed E-state index contributed by atoms with van der Waals surface area (Å²) < 4.78 is 1.99. The van der Waals surface area contributed by atoms with E-state index in [4.69, 9.17) is 23.2 Å². The minimum absolute atomic E-state index is 0.120. The van der Waals surface area contributed by atoms with Gasteiger partial charge in [0, 0.05) is 29.9 Å². The summed E-state index contributed by atoms with van der Waals surface area (Å²) in [7, 11) is 0. The van der Waals surface area contributed by atoms with Crippen LogP contribution in [-0.4, -0.2) is 26.2 Å². The molecular formula is C16H14Cl2N4OS2. The van der Waals surface area contributed by atoms with E-state index in [1.807, 2.05) is 29.1 Å². The zero-order valence-electron chi connectivity index (χ0n) is 13.2. The third-order valence-electron chi connectivity index (χ3n) is 3.32. The molecule has 2 heterocycles. The first-order valence-corrected chi connectivity index (χ1v) is 10.0. The molecule has 0 aliphatic heterocycles. The van der Waals surface area contributed by atoms with Gasteiger partial charge in [0.1, 0.15) is 0 Å². The number of carbonyl (C=O) groups is 1. The number of halogens is 2. The van der Waals surface area contributed by atoms with E-state index < -0.39 is 0 Å². The molecule has 5 nitrogen and oxygen atoms in total. The molecule has 0 atom stereocenters. The van der Waals surface area contributed by atoms with Crippen LogP contribution >= 0.6 is 46.3 Å². The predicted molar refractivity (Wildman–Crippen MR) is 105 cm³/mol. The van der Waals surface area contributed by atoms with E-state index in [1.54, 1.807) is 18.3 Å². The molecule has 3 aromatic rings. The van der Waals surface area contributed by atoms with E-state index in [2.05, 4.69) is 15.3 Å². The Balaban J connectivity index is 1.61. The summed E-state index contributed by atoms with van der Waals surface area (Å²) in [5.74, 6) is 0.157. The van der Waals surface area contributed by atoms with Gasteiger partial charge in [-0.3, -0.25) is 4.79 Å². The van der Waals surface area contributed by atoms with Gasteiger partial charge in [0.15, 0.2) is 10.3 Å². The van der Waals surface area contributed by atoms with Crippen LogP contribution in [-0.2, 0) is 11.3 Å². The summed E-state index contributed by atoms with van der Waals surface area (Å²) in [4.78, 5) is 20.8. The zero-order chi connectivity index (χ0) is 17.8. The van der Waals surface area contributed by atoms with Gasteiger partial charge in [0.2, 0.25) is 5.91 Å². The van der Waals surface area contributed by atoms with Crippen molar-refractivity contribution in [2.24, 2.45) is 0 Å². The molecule has 2 aromatic heterocycles. The number of benzene rings is 1. The predicted octanol–water partition coefficient (Wildman–Crippen LogP) is 5.06. The second-order valence-corrected chi connectivity index (χ2v) is 7.61. The number of anilines is 1. The van der Waals surface area contributed by atoms with Crippen LogP contribution in [0.5, 0.6) is 0 Å². The minimum Gasteiger partial charge on any atom is -0.326 e. The van der Waals surface area contributed by atoms with Crippen LogP contribution in [0.1, 0.15) is 6.92 Å². The number of nitrogens with one attached hydrogen (secondary N) is 1. The number of rotatable bonds is 6. The number of thiazole rings is 1. The van der Waals surface area contributed by atoms with E-state index in [9.17, 15) is 4.79 Å². The summed E-state index contributed by atoms with van der Waals surface area (Å²) >= 11 is 14.7. The smallest absolute Gasteiger partial charge is 0.236 e. The largest absolute Gasteiger partial charge is 0.326 e. The molecule has 0 radical (unpaired) electrons. The molecular weight excluding hydrogens is 399 g/mol. The number of nitrogens with zero attached hydrogens (tertiary/aromatic N) is 3. The van der Waals surface area contributed by atoms with Crippen molar-refractivity contribution in [2.45, 2.75) is 18.6 Å². The van der Waals surface area contributed by atoms with Crippen molar-refractivity contribution < 1.29 is 4.79 Å². The Bertz CT molecular complexity index is 894. The van der Waals surface area contributed by atoms with E-state index >= 15 is 0 Å². The molecule has 0 bridgehead atoms. The SMILES string of the molecule is CCn1ccnc1SCC(=O)Nc1nc(-c2ccc(Cl)c(Cl)c2)cs1. The van der Waals surface area contributed by atoms with Gasteiger partial charge in [-0.25, -0.2) is 9.97 Å². The highest BCUT2D eigenvalue weighted by Crippen LogP contribution is 2.30. The highest BCUT2D eigenvalue weighted by Gasteiger charge is 2.11. The van der Waals surface area contributed by atoms with E-state index in [1.165, 1.54) is 23.1 Å². The average molecular weight is 413 g/mol. The number of imidazole rings is 1. The Hall–Kier alpha value is -1.54. The molecule has 0 aliphatic carbocycles. The third kappa shape index (κ3) is 4.55. The molecule has 1 aromatic carbocycles. The summed E-state index contributed by atoms with van der Waals surface area (Å²) in [6.07, 6.45) is 3.62. The van der Waals surface area contributed by atoms with Crippen LogP contribution < -0.4 is 5.32 Å². The topological polar surface area (TPSA) is 59.8 Å². The minimum atomic E-state index is -0.120. The van der Waals surface area contributed by atoms with Crippen LogP contribution in [0.4, 0.5) is 5.13 Å². The molecule has 3 rings (SSSR count). The highest BCUT2D eigenvalue weighted by molar-refractivity contribution is 7.99. The molecule has 9 heteroatoms. The fourth-order valence-electron chi connectivity index (χ4n) is 2.08. The number of thioether (sulfide) groups is 1. The maximum absolute atomic E-state index is 12.1. The molecule has 0 aliphatic rings. The number of aryl methyl sites for hydroxylation is 1. The second-order valence-electron chi connectivity index (χ2n) is 5.00. The standard InChI is InChI=1S/C16H14Cl2N4OS2/c1-2-22-6-5-19-16(22)25-9-14(23)21-15-20-13(8-24-15)10-3-4-11(17)12(18)7-10/h3-8H,2,9H2,1H3,(H,20,21,23). The van der Waals surface area contributed by atoms with Crippen LogP contribution in [0.3, 0.4) is 0 Å². The van der Waals surface area contributed by atoms with E-state index in [-0.39, 0.29) is 11.7 Å². The van der Waals surface area contributed by atoms with Gasteiger partial charge in [-0.05, 0) is 19.1 Å². The molecule has 0 saturated carbocycles. The molecule has 25 heavy (non-hydrogen) atoms. The van der Waals surface area contributed by atoms with Crippen molar-refractivity contribution in [3.8, 4) is 11.3 Å². The van der Waals surface area contributed by atoms with Crippen molar-refractivity contribution in [2.75, 3.05) is 11.1 Å². The van der Waals surface area contributed by atoms with Gasteiger partial charge in [0.25, 0.3) is 0 Å². The number of amides is 1. The summed E-state index contributed by atoms with van der Waals surface area (Å²) in [6.45, 7) is 2.86. The maximum Gasteiger partial charge on any atom is 0.236 e. The molecule has 1 amide bonds. The number of hydrogen-bond acceptors (Lipinski definition) is 5. The molecule has 0 fully saturated rings. The lowest BCUT2D eigenvalue weighted by Gasteiger charge is -2.04. The van der Waals surface area contributed by atoms with E-state index in [0.717, 1.165) is 23.0 Å². The number of hydrogen-bond donors (Lipinski definition) is 1. The summed E-state index contributed by atoms with van der Waals surface area (Å²) in [5, 5.41) is 7.02. The molecule has 0 unspecified atom stereocenters. The van der Waals surface area contributed by atoms with Crippen LogP contribution in [0.2, 0.25) is 10.0 Å². The van der Waals surface area contributed by atoms with Crippen molar-refractivity contribution in [1.29, 1.82) is 0 Å². The van der Waals surface area contributed by atoms with E-state index in [0.29, 0.717) is 15.2 Å². The van der Waals surface area contributed by atoms with Crippen molar-refractivity contribution in [3.05, 3.63) is 46.0 Å². The normalized spacial score (nSPS) is 10.8. The van der Waals surface area contributed by atoms with Gasteiger partial charge in [-0.2, -0.15) is 0 Å². The Labute approximate surface area is 163 Å². The van der Waals surface area contributed by atoms with Gasteiger partial charge in [-0.15, -0.1) is 11.3 Å². The number of aromatic nitrogens is 3. The molecule has 0 saturated heterocycles. The Morgan fingerprint density at radius 1 is 1.36 bits per heavy atom. The maximum atomic E-state index is 12.1. The quantitative estimate of drug-likeness (QED) is 0.574. The van der Waals surface area contributed by atoms with Gasteiger partial charge < -0.3 is 9.88 Å². The van der Waals surface area contributed by atoms with Gasteiger partial charge in [-0.1, -0.05) is 41.0 Å². The van der Waals surface area contributed by atoms with Crippen molar-refractivity contribution in [3.63, 3.8) is 0 Å². The van der Waals surface area contributed by atoms with Gasteiger partial charge >= 0.3 is 0 Å². The fourth-order valence-corrected chi connectivity index (χ4v) is 3.94. The fraction of sp³-hybridized carbons (Fsp3) is 0.188. The first-order valence-electron chi connectivity index (χ1n) is 7.41. The summed E-state index contributed by atoms with van der Waals surface area (Å²) in [5.41, 5.74) is 1.60. The van der Waals surface area contributed by atoms with Crippen LogP contribution in [0.25, 0.3) is 11.3 Å². The zero-order valence-corrected chi connectivity index (χ0v) is 16.3. The lowest BCUT2D eigenvalue weighted by molar-refractivity contribution is -0.113. The first kappa shape index (κ1) is 18.3. The number of carbonyl (C=O) groups excluding carboxylic acids is 1. The van der Waals surface area contributed by atoms with Crippen molar-refractivity contribution >= 4 is 57.3 Å². The highest BCUT2D eigenvalue weighted by atomic mass is 35.5. The molecule has 1 N–H and O–H groups in total. The lowest BCUT2D eigenvalue weighted by atomic mass is 10.2. The average Bonchev–Trinajstić information content (AvgIpc) is 3.24.